The molecule has 0 saturated heterocycles. The van der Waals surface area contributed by atoms with Crippen LogP contribution in [0.1, 0.15) is 82.1 Å². The van der Waals surface area contributed by atoms with E-state index < -0.39 is 11.8 Å². The third kappa shape index (κ3) is 6.17. The molecular weight excluding hydrogens is 460 g/mol. The smallest absolute Gasteiger partial charge is 0.315 e. The Morgan fingerprint density at radius 3 is 1.38 bits per heavy atom. The Kier molecular flexibility index (Phi) is 9.23. The van der Waals surface area contributed by atoms with Crippen molar-refractivity contribution in [3.8, 4) is 11.5 Å². The maximum Gasteiger partial charge on any atom is 0.315 e. The first-order valence-corrected chi connectivity index (χ1v) is 14.3. The van der Waals surface area contributed by atoms with E-state index in [1.807, 2.05) is 24.3 Å². The van der Waals surface area contributed by atoms with Crippen LogP contribution in [0.2, 0.25) is 0 Å². The number of hydrogen-bond acceptors (Lipinski definition) is 4. The first-order chi connectivity index (χ1) is 18.0. The molecule has 0 N–H and O–H groups in total. The van der Waals surface area contributed by atoms with Crippen molar-refractivity contribution in [2.45, 2.75) is 85.5 Å². The highest BCUT2D eigenvalue weighted by molar-refractivity contribution is 5.86. The van der Waals surface area contributed by atoms with Gasteiger partial charge in [0.25, 0.3) is 0 Å². The molecule has 37 heavy (non-hydrogen) atoms. The second-order valence-corrected chi connectivity index (χ2v) is 10.7. The van der Waals surface area contributed by atoms with Gasteiger partial charge in [-0.25, -0.2) is 0 Å². The van der Waals surface area contributed by atoms with E-state index in [1.165, 1.54) is 22.3 Å². The molecule has 2 aliphatic rings. The Balaban J connectivity index is 1.50. The summed E-state index contributed by atoms with van der Waals surface area (Å²) in [5, 5.41) is 0. The van der Waals surface area contributed by atoms with Crippen LogP contribution in [0.25, 0.3) is 0 Å². The molecule has 4 nitrogen and oxygen atoms in total. The molecule has 4 rings (SSSR count). The van der Waals surface area contributed by atoms with E-state index in [2.05, 4.69) is 52.0 Å². The Bertz CT molecular complexity index is 1040. The summed E-state index contributed by atoms with van der Waals surface area (Å²) in [6, 6.07) is 12.0. The molecule has 4 unspecified atom stereocenters. The minimum atomic E-state index is -0.512. The van der Waals surface area contributed by atoms with Crippen molar-refractivity contribution in [2.75, 3.05) is 0 Å². The lowest BCUT2D eigenvalue weighted by molar-refractivity contribution is -0.151. The molecule has 0 spiro atoms. The predicted molar refractivity (Wildman–Crippen MR) is 148 cm³/mol. The number of carbonyl (C=O) groups is 2. The van der Waals surface area contributed by atoms with Gasteiger partial charge in [-0.2, -0.15) is 0 Å². The highest BCUT2D eigenvalue weighted by Crippen LogP contribution is 2.49. The van der Waals surface area contributed by atoms with Crippen LogP contribution < -0.4 is 9.47 Å². The Labute approximate surface area is 222 Å². The van der Waals surface area contributed by atoms with Gasteiger partial charge in [0.05, 0.1) is 11.8 Å². The van der Waals surface area contributed by atoms with Crippen molar-refractivity contribution in [2.24, 2.45) is 23.7 Å². The molecule has 2 bridgehead atoms. The minimum absolute atomic E-state index is 0.0205. The van der Waals surface area contributed by atoms with Gasteiger partial charge in [-0.15, -0.1) is 0 Å². The summed E-state index contributed by atoms with van der Waals surface area (Å²) >= 11 is 0. The van der Waals surface area contributed by atoms with Gasteiger partial charge < -0.3 is 9.47 Å². The fourth-order valence-corrected chi connectivity index (χ4v) is 6.20. The number of aryl methyl sites for hydroxylation is 4. The average molecular weight is 503 g/mol. The standard InChI is InChI=1S/C33H42O4/c1-5-9-22-15-17-28(20-24(22)11-7-3)36-32(34)30-26-13-14-27(19-26)31(30)33(35)37-29-18-16-23(10-6-2)25(21-29)12-8-4/h13-18,20-21,26-27,30-31H,5-12,19H2,1-4H3. The zero-order valence-corrected chi connectivity index (χ0v) is 22.9. The molecule has 2 aromatic carbocycles. The van der Waals surface area contributed by atoms with Gasteiger partial charge in [-0.3, -0.25) is 9.59 Å². The van der Waals surface area contributed by atoms with Crippen LogP contribution in [0.4, 0.5) is 0 Å². The fourth-order valence-electron chi connectivity index (χ4n) is 6.20. The van der Waals surface area contributed by atoms with Crippen LogP contribution in [0, 0.1) is 23.7 Å². The van der Waals surface area contributed by atoms with Crippen molar-refractivity contribution < 1.29 is 19.1 Å². The molecule has 0 aliphatic heterocycles. The molecule has 0 radical (unpaired) electrons. The quantitative estimate of drug-likeness (QED) is 0.172. The first kappa shape index (κ1) is 27.2. The number of fused-ring (bicyclic) bond motifs is 2. The van der Waals surface area contributed by atoms with Crippen molar-refractivity contribution in [3.05, 3.63) is 70.8 Å². The van der Waals surface area contributed by atoms with E-state index in [9.17, 15) is 9.59 Å². The van der Waals surface area contributed by atoms with Crippen LogP contribution in [-0.4, -0.2) is 11.9 Å². The molecule has 4 heteroatoms. The first-order valence-electron chi connectivity index (χ1n) is 14.3. The molecule has 1 fully saturated rings. The normalized spacial score (nSPS) is 21.8. The zero-order valence-electron chi connectivity index (χ0n) is 22.9. The van der Waals surface area contributed by atoms with Gasteiger partial charge in [0.2, 0.25) is 0 Å². The van der Waals surface area contributed by atoms with Gasteiger partial charge >= 0.3 is 11.9 Å². The maximum atomic E-state index is 13.4. The number of benzene rings is 2. The van der Waals surface area contributed by atoms with Gasteiger partial charge in [0, 0.05) is 0 Å². The lowest BCUT2D eigenvalue weighted by Gasteiger charge is -2.25. The predicted octanol–water partition coefficient (Wildman–Crippen LogP) is 7.45. The average Bonchev–Trinajstić information content (AvgIpc) is 3.50. The van der Waals surface area contributed by atoms with Crippen molar-refractivity contribution in [3.63, 3.8) is 0 Å². The SMILES string of the molecule is CCCc1ccc(OC(=O)C2C3C=CC(C3)C2C(=O)Oc2ccc(CCC)c(CCC)c2)cc1CCC. The lowest BCUT2D eigenvalue weighted by atomic mass is 9.83. The monoisotopic (exact) mass is 502 g/mol. The number of hydrogen-bond donors (Lipinski definition) is 0. The topological polar surface area (TPSA) is 52.6 Å². The summed E-state index contributed by atoms with van der Waals surface area (Å²) in [5.41, 5.74) is 5.13. The zero-order chi connectivity index (χ0) is 26.4. The van der Waals surface area contributed by atoms with E-state index in [1.54, 1.807) is 0 Å². The molecule has 0 heterocycles. The van der Waals surface area contributed by atoms with Gasteiger partial charge in [-0.05, 0) is 90.5 Å². The number of carbonyl (C=O) groups excluding carboxylic acids is 2. The third-order valence-electron chi connectivity index (χ3n) is 7.87. The van der Waals surface area contributed by atoms with E-state index >= 15 is 0 Å². The molecule has 198 valence electrons. The van der Waals surface area contributed by atoms with Gasteiger partial charge in [0.15, 0.2) is 0 Å². The summed E-state index contributed by atoms with van der Waals surface area (Å²) in [4.78, 5) is 26.9. The van der Waals surface area contributed by atoms with Crippen LogP contribution >= 0.6 is 0 Å². The van der Waals surface area contributed by atoms with E-state index in [-0.39, 0.29) is 23.8 Å². The van der Waals surface area contributed by atoms with Crippen LogP contribution in [-0.2, 0) is 35.3 Å². The highest BCUT2D eigenvalue weighted by atomic mass is 16.5. The number of rotatable bonds is 12. The van der Waals surface area contributed by atoms with Crippen LogP contribution in [0.3, 0.4) is 0 Å². The summed E-state index contributed by atoms with van der Waals surface area (Å²) in [7, 11) is 0. The summed E-state index contributed by atoms with van der Waals surface area (Å²) in [5.74, 6) is -0.488. The van der Waals surface area contributed by atoms with E-state index in [0.717, 1.165) is 57.8 Å². The summed E-state index contributed by atoms with van der Waals surface area (Å²) in [6.07, 6.45) is 13.2. The number of esters is 2. The number of allylic oxidation sites excluding steroid dienone is 2. The van der Waals surface area contributed by atoms with E-state index in [4.69, 9.17) is 9.47 Å². The maximum absolute atomic E-state index is 13.4. The molecule has 2 aromatic rings. The minimum Gasteiger partial charge on any atom is -0.426 e. The van der Waals surface area contributed by atoms with Crippen molar-refractivity contribution >= 4 is 11.9 Å². The molecule has 1 saturated carbocycles. The van der Waals surface area contributed by atoms with Crippen LogP contribution in [0.5, 0.6) is 11.5 Å². The molecule has 4 atom stereocenters. The molecule has 0 aromatic heterocycles. The summed E-state index contributed by atoms with van der Waals surface area (Å²) in [6.45, 7) is 8.68. The van der Waals surface area contributed by atoms with Crippen molar-refractivity contribution in [1.29, 1.82) is 0 Å². The van der Waals surface area contributed by atoms with Crippen LogP contribution in [0.15, 0.2) is 48.6 Å². The molecule has 2 aliphatic carbocycles. The van der Waals surface area contributed by atoms with Gasteiger partial charge in [-0.1, -0.05) is 77.7 Å². The highest BCUT2D eigenvalue weighted by Gasteiger charge is 2.53. The van der Waals surface area contributed by atoms with E-state index in [0.29, 0.717) is 11.5 Å². The Morgan fingerprint density at radius 2 is 1.00 bits per heavy atom. The fraction of sp³-hybridized carbons (Fsp3) is 0.515. The Hall–Kier alpha value is -2.88. The lowest BCUT2D eigenvalue weighted by Crippen LogP contribution is -2.37. The Morgan fingerprint density at radius 1 is 0.622 bits per heavy atom. The summed E-state index contributed by atoms with van der Waals surface area (Å²) < 4.78 is 11.8. The second-order valence-electron chi connectivity index (χ2n) is 10.7. The molecule has 0 amide bonds. The van der Waals surface area contributed by atoms with Crippen molar-refractivity contribution in [1.82, 2.24) is 0 Å². The largest absolute Gasteiger partial charge is 0.426 e. The molecular formula is C33H42O4. The third-order valence-corrected chi connectivity index (χ3v) is 7.87. The van der Waals surface area contributed by atoms with Gasteiger partial charge in [0.1, 0.15) is 11.5 Å². The second kappa shape index (κ2) is 12.6. The number of ether oxygens (including phenoxy) is 2.